The van der Waals surface area contributed by atoms with Gasteiger partial charge in [-0.1, -0.05) is 65.8 Å². The van der Waals surface area contributed by atoms with Gasteiger partial charge in [0.2, 0.25) is 5.91 Å². The first-order chi connectivity index (χ1) is 17.8. The van der Waals surface area contributed by atoms with Crippen LogP contribution >= 0.6 is 15.9 Å². The number of ether oxygens (including phenoxy) is 1. The Morgan fingerprint density at radius 3 is 2.08 bits per heavy atom. The van der Waals surface area contributed by atoms with Crippen molar-refractivity contribution in [2.45, 2.75) is 65.2 Å². The Hall–Kier alpha value is -3.45. The number of phenols is 1. The predicted molar refractivity (Wildman–Crippen MR) is 155 cm³/mol. The van der Waals surface area contributed by atoms with Crippen LogP contribution in [0.3, 0.4) is 0 Å². The fourth-order valence-electron chi connectivity index (χ4n) is 3.89. The van der Waals surface area contributed by atoms with Crippen LogP contribution < -0.4 is 10.2 Å². The van der Waals surface area contributed by atoms with E-state index in [2.05, 4.69) is 68.0 Å². The molecule has 200 valence electrons. The molecule has 6 nitrogen and oxygen atoms in total. The number of nitrogens with one attached hydrogen (secondary N) is 1. The molecule has 0 spiro atoms. The summed E-state index contributed by atoms with van der Waals surface area (Å²) in [7, 11) is 0. The highest BCUT2D eigenvalue weighted by molar-refractivity contribution is 9.10. The van der Waals surface area contributed by atoms with Gasteiger partial charge >= 0.3 is 5.97 Å². The Balaban J connectivity index is 1.57. The Morgan fingerprint density at radius 2 is 1.53 bits per heavy atom. The number of hydrogen-bond acceptors (Lipinski definition) is 5. The lowest BCUT2D eigenvalue weighted by Crippen LogP contribution is -2.20. The van der Waals surface area contributed by atoms with E-state index in [0.717, 1.165) is 22.3 Å². The minimum atomic E-state index is -0.455. The summed E-state index contributed by atoms with van der Waals surface area (Å²) < 4.78 is 6.09. The molecule has 2 N–H and O–H groups in total. The number of aryl methyl sites for hydroxylation is 1. The van der Waals surface area contributed by atoms with E-state index in [-0.39, 0.29) is 23.2 Å². The van der Waals surface area contributed by atoms with Gasteiger partial charge in [-0.25, -0.2) is 10.2 Å². The second-order valence-electron chi connectivity index (χ2n) is 11.3. The van der Waals surface area contributed by atoms with Gasteiger partial charge in [-0.05, 0) is 91.8 Å². The van der Waals surface area contributed by atoms with Crippen LogP contribution in [0.5, 0.6) is 11.5 Å². The van der Waals surface area contributed by atoms with Crippen LogP contribution in [0.4, 0.5) is 0 Å². The highest BCUT2D eigenvalue weighted by Gasteiger charge is 2.26. The smallest absolute Gasteiger partial charge is 0.344 e. The zero-order valence-electron chi connectivity index (χ0n) is 22.8. The van der Waals surface area contributed by atoms with E-state index in [4.69, 9.17) is 4.74 Å². The topological polar surface area (TPSA) is 88.0 Å². The van der Waals surface area contributed by atoms with Crippen molar-refractivity contribution in [3.05, 3.63) is 93.0 Å². The number of esters is 1. The molecule has 0 aliphatic carbocycles. The molecule has 0 bridgehead atoms. The molecule has 3 aromatic carbocycles. The summed E-state index contributed by atoms with van der Waals surface area (Å²) in [5.74, 6) is 0.0774. The molecule has 0 aliphatic rings. The van der Waals surface area contributed by atoms with Gasteiger partial charge in [-0.15, -0.1) is 0 Å². The summed E-state index contributed by atoms with van der Waals surface area (Å²) in [5, 5.41) is 14.9. The summed E-state index contributed by atoms with van der Waals surface area (Å²) >= 11 is 3.35. The van der Waals surface area contributed by atoms with Crippen LogP contribution in [-0.4, -0.2) is 23.2 Å². The van der Waals surface area contributed by atoms with Gasteiger partial charge in [-0.3, -0.25) is 4.79 Å². The summed E-state index contributed by atoms with van der Waals surface area (Å²) in [6.45, 7) is 12.4. The first kappa shape index (κ1) is 29.1. The molecule has 0 fully saturated rings. The summed E-state index contributed by atoms with van der Waals surface area (Å²) in [6.07, 6.45) is 2.33. The first-order valence-corrected chi connectivity index (χ1v) is 13.3. The maximum Gasteiger partial charge on any atom is 0.344 e. The van der Waals surface area contributed by atoms with Crippen LogP contribution in [0, 0.1) is 0 Å². The van der Waals surface area contributed by atoms with E-state index in [1.807, 2.05) is 18.2 Å². The SMILES string of the molecule is CC(C)(C)c1cc(CCC(=O)N/N=C\c2ccc(OC(=O)c3ccccc3Br)cc2)cc(C(C)(C)C)c1O. The summed E-state index contributed by atoms with van der Waals surface area (Å²) in [5.41, 5.74) is 6.07. The monoisotopic (exact) mass is 578 g/mol. The number of amides is 1. The fraction of sp³-hybridized carbons (Fsp3) is 0.323. The van der Waals surface area contributed by atoms with Gasteiger partial charge in [0.25, 0.3) is 0 Å². The van der Waals surface area contributed by atoms with Crippen molar-refractivity contribution in [1.29, 1.82) is 0 Å². The second-order valence-corrected chi connectivity index (χ2v) is 12.1. The van der Waals surface area contributed by atoms with Crippen molar-refractivity contribution in [2.24, 2.45) is 5.10 Å². The van der Waals surface area contributed by atoms with E-state index in [1.54, 1.807) is 42.5 Å². The Morgan fingerprint density at radius 1 is 0.947 bits per heavy atom. The standard InChI is InChI=1S/C31H35BrN2O4/c1-30(2,3)24-17-21(18-25(28(24)36)31(4,5)6)13-16-27(35)34-33-19-20-11-14-22(15-12-20)38-29(37)23-9-7-8-10-26(23)32/h7-12,14-15,17-19,36H,13,16H2,1-6H3,(H,34,35)/b33-19-. The van der Waals surface area contributed by atoms with Crippen molar-refractivity contribution in [3.63, 3.8) is 0 Å². The van der Waals surface area contributed by atoms with Gasteiger partial charge in [0.1, 0.15) is 11.5 Å². The van der Waals surface area contributed by atoms with Crippen LogP contribution in [0.15, 0.2) is 70.2 Å². The molecular formula is C31H35BrN2O4. The maximum atomic E-state index is 12.4. The lowest BCUT2D eigenvalue weighted by Gasteiger charge is -2.28. The third-order valence-corrected chi connectivity index (χ3v) is 6.71. The number of carbonyl (C=O) groups is 2. The minimum Gasteiger partial charge on any atom is -0.507 e. The van der Waals surface area contributed by atoms with Crippen LogP contribution in [0.2, 0.25) is 0 Å². The lowest BCUT2D eigenvalue weighted by atomic mass is 9.78. The largest absolute Gasteiger partial charge is 0.507 e. The normalized spacial score (nSPS) is 12.0. The van der Waals surface area contributed by atoms with Crippen molar-refractivity contribution < 1.29 is 19.4 Å². The molecule has 3 rings (SSSR count). The van der Waals surface area contributed by atoms with Gasteiger partial charge in [0.05, 0.1) is 11.8 Å². The predicted octanol–water partition coefficient (Wildman–Crippen LogP) is 7.05. The molecule has 3 aromatic rings. The number of benzene rings is 3. The molecule has 0 saturated carbocycles. The minimum absolute atomic E-state index is 0.206. The van der Waals surface area contributed by atoms with Gasteiger partial charge in [0, 0.05) is 10.9 Å². The van der Waals surface area contributed by atoms with E-state index >= 15 is 0 Å². The highest BCUT2D eigenvalue weighted by Crippen LogP contribution is 2.40. The molecule has 0 radical (unpaired) electrons. The summed E-state index contributed by atoms with van der Waals surface area (Å²) in [6, 6.07) is 17.9. The molecule has 1 amide bonds. The molecule has 7 heteroatoms. The molecular weight excluding hydrogens is 544 g/mol. The molecule has 38 heavy (non-hydrogen) atoms. The van der Waals surface area contributed by atoms with Crippen LogP contribution in [-0.2, 0) is 22.0 Å². The number of hydrazone groups is 1. The number of halogens is 1. The molecule has 0 aromatic heterocycles. The third-order valence-electron chi connectivity index (χ3n) is 6.01. The van der Waals surface area contributed by atoms with Crippen LogP contribution in [0.1, 0.15) is 80.6 Å². The van der Waals surface area contributed by atoms with Gasteiger partial charge < -0.3 is 9.84 Å². The number of nitrogens with zero attached hydrogens (tertiary/aromatic N) is 1. The van der Waals surface area contributed by atoms with Crippen molar-refractivity contribution in [3.8, 4) is 11.5 Å². The molecule has 0 atom stereocenters. The molecule has 0 saturated heterocycles. The quantitative estimate of drug-likeness (QED) is 0.136. The summed E-state index contributed by atoms with van der Waals surface area (Å²) in [4.78, 5) is 24.8. The zero-order valence-corrected chi connectivity index (χ0v) is 24.3. The third kappa shape index (κ3) is 7.78. The maximum absolute atomic E-state index is 12.4. The second kappa shape index (κ2) is 11.9. The fourth-order valence-corrected chi connectivity index (χ4v) is 4.33. The number of hydrogen-bond donors (Lipinski definition) is 2. The van der Waals surface area contributed by atoms with Crippen LogP contribution in [0.25, 0.3) is 0 Å². The van der Waals surface area contributed by atoms with Crippen molar-refractivity contribution in [2.75, 3.05) is 0 Å². The van der Waals surface area contributed by atoms with Gasteiger partial charge in [0.15, 0.2) is 0 Å². The first-order valence-electron chi connectivity index (χ1n) is 12.5. The van der Waals surface area contributed by atoms with Crippen molar-refractivity contribution >= 4 is 34.0 Å². The molecule has 0 unspecified atom stereocenters. The number of carbonyl (C=O) groups excluding carboxylic acids is 2. The average Bonchev–Trinajstić information content (AvgIpc) is 2.83. The number of rotatable bonds is 7. The molecule has 0 aliphatic heterocycles. The Bertz CT molecular complexity index is 1300. The average molecular weight is 580 g/mol. The Kier molecular flexibility index (Phi) is 9.15. The highest BCUT2D eigenvalue weighted by atomic mass is 79.9. The Labute approximate surface area is 233 Å². The lowest BCUT2D eigenvalue weighted by molar-refractivity contribution is -0.121. The number of phenolic OH excluding ortho intramolecular Hbond substituents is 1. The van der Waals surface area contributed by atoms with E-state index in [9.17, 15) is 14.7 Å². The molecule has 0 heterocycles. The van der Waals surface area contributed by atoms with Crippen molar-refractivity contribution in [1.82, 2.24) is 5.43 Å². The van der Waals surface area contributed by atoms with Gasteiger partial charge in [-0.2, -0.15) is 5.10 Å². The zero-order chi connectivity index (χ0) is 28.1. The van der Waals surface area contributed by atoms with E-state index in [1.165, 1.54) is 6.21 Å². The number of aromatic hydroxyl groups is 1. The van der Waals surface area contributed by atoms with E-state index in [0.29, 0.717) is 28.0 Å². The van der Waals surface area contributed by atoms with E-state index < -0.39 is 5.97 Å².